The second-order valence-electron chi connectivity index (χ2n) is 4.65. The quantitative estimate of drug-likeness (QED) is 0.750. The number of carbonyl (C=O) groups excluding carboxylic acids is 1. The van der Waals surface area contributed by atoms with Crippen LogP contribution in [0.5, 0.6) is 5.75 Å². The van der Waals surface area contributed by atoms with E-state index in [0.717, 1.165) is 38.2 Å². The maximum Gasteiger partial charge on any atom is 0.172 e. The SMILES string of the molecule is CCN1CCOC(COc2ccc(C)nc2C=O)C1. The summed E-state index contributed by atoms with van der Waals surface area (Å²) in [6, 6.07) is 3.62. The number of rotatable bonds is 5. The van der Waals surface area contributed by atoms with Gasteiger partial charge in [0.2, 0.25) is 0 Å². The highest BCUT2D eigenvalue weighted by molar-refractivity contribution is 5.76. The summed E-state index contributed by atoms with van der Waals surface area (Å²) in [5, 5.41) is 0. The number of pyridine rings is 1. The van der Waals surface area contributed by atoms with E-state index in [4.69, 9.17) is 9.47 Å². The average molecular weight is 264 g/mol. The third-order valence-electron chi connectivity index (χ3n) is 3.23. The fourth-order valence-corrected chi connectivity index (χ4v) is 2.12. The van der Waals surface area contributed by atoms with Crippen LogP contribution >= 0.6 is 0 Å². The first-order valence-electron chi connectivity index (χ1n) is 6.62. The van der Waals surface area contributed by atoms with Crippen LogP contribution in [0.3, 0.4) is 0 Å². The lowest BCUT2D eigenvalue weighted by Crippen LogP contribution is -2.44. The van der Waals surface area contributed by atoms with Crippen molar-refractivity contribution in [2.24, 2.45) is 0 Å². The van der Waals surface area contributed by atoms with Crippen LogP contribution in [0.15, 0.2) is 12.1 Å². The predicted octanol–water partition coefficient (Wildman–Crippen LogP) is 1.30. The molecule has 0 radical (unpaired) electrons. The van der Waals surface area contributed by atoms with Gasteiger partial charge >= 0.3 is 0 Å². The van der Waals surface area contributed by atoms with Crippen molar-refractivity contribution < 1.29 is 14.3 Å². The lowest BCUT2D eigenvalue weighted by atomic mass is 10.2. The number of aromatic nitrogens is 1. The third kappa shape index (κ3) is 3.75. The van der Waals surface area contributed by atoms with E-state index in [1.807, 2.05) is 13.0 Å². The summed E-state index contributed by atoms with van der Waals surface area (Å²) in [4.78, 5) is 17.4. The minimum Gasteiger partial charge on any atom is -0.488 e. The number of carbonyl (C=O) groups is 1. The first-order valence-corrected chi connectivity index (χ1v) is 6.62. The van der Waals surface area contributed by atoms with Crippen LogP contribution in [0.2, 0.25) is 0 Å². The van der Waals surface area contributed by atoms with E-state index < -0.39 is 0 Å². The number of likely N-dealkylation sites (N-methyl/N-ethyl adjacent to an activating group) is 1. The Bertz CT molecular complexity index is 437. The highest BCUT2D eigenvalue weighted by Crippen LogP contribution is 2.16. The molecule has 0 bridgehead atoms. The molecule has 0 aliphatic carbocycles. The second kappa shape index (κ2) is 6.63. The molecule has 5 nitrogen and oxygen atoms in total. The molecule has 104 valence electrons. The summed E-state index contributed by atoms with van der Waals surface area (Å²) < 4.78 is 11.3. The molecule has 1 unspecified atom stereocenters. The van der Waals surface area contributed by atoms with Gasteiger partial charge in [0.05, 0.1) is 6.61 Å². The highest BCUT2D eigenvalue weighted by Gasteiger charge is 2.20. The monoisotopic (exact) mass is 264 g/mol. The molecular formula is C14H20N2O3. The molecule has 1 atom stereocenters. The summed E-state index contributed by atoms with van der Waals surface area (Å²) in [5.41, 5.74) is 1.16. The first-order chi connectivity index (χ1) is 9.22. The number of ether oxygens (including phenoxy) is 2. The molecule has 0 aromatic carbocycles. The molecule has 2 heterocycles. The van der Waals surface area contributed by atoms with E-state index in [1.54, 1.807) is 6.07 Å². The van der Waals surface area contributed by atoms with Crippen LogP contribution in [0.4, 0.5) is 0 Å². The van der Waals surface area contributed by atoms with E-state index in [0.29, 0.717) is 18.1 Å². The summed E-state index contributed by atoms with van der Waals surface area (Å²) in [5.74, 6) is 0.526. The van der Waals surface area contributed by atoms with E-state index in [2.05, 4.69) is 16.8 Å². The van der Waals surface area contributed by atoms with E-state index in [9.17, 15) is 4.79 Å². The molecule has 5 heteroatoms. The Balaban J connectivity index is 1.93. The lowest BCUT2D eigenvalue weighted by molar-refractivity contribution is -0.0465. The smallest absolute Gasteiger partial charge is 0.172 e. The maximum atomic E-state index is 10.9. The molecule has 1 aromatic rings. The van der Waals surface area contributed by atoms with Crippen molar-refractivity contribution in [1.29, 1.82) is 0 Å². The Labute approximate surface area is 113 Å². The van der Waals surface area contributed by atoms with Crippen molar-refractivity contribution >= 4 is 6.29 Å². The Kier molecular flexibility index (Phi) is 4.87. The lowest BCUT2D eigenvalue weighted by Gasteiger charge is -2.31. The normalized spacial score (nSPS) is 20.2. The maximum absolute atomic E-state index is 10.9. The van der Waals surface area contributed by atoms with Crippen molar-refractivity contribution in [3.05, 3.63) is 23.5 Å². The Morgan fingerprint density at radius 2 is 2.42 bits per heavy atom. The fraction of sp³-hybridized carbons (Fsp3) is 0.571. The van der Waals surface area contributed by atoms with Crippen LogP contribution in [0.1, 0.15) is 23.1 Å². The van der Waals surface area contributed by atoms with Crippen LogP contribution in [0, 0.1) is 6.92 Å². The van der Waals surface area contributed by atoms with Gasteiger partial charge < -0.3 is 9.47 Å². The average Bonchev–Trinajstić information content (AvgIpc) is 2.46. The Morgan fingerprint density at radius 1 is 1.58 bits per heavy atom. The minimum atomic E-state index is 0.0505. The molecule has 1 aromatic heterocycles. The van der Waals surface area contributed by atoms with Gasteiger partial charge in [-0.25, -0.2) is 4.98 Å². The molecule has 0 spiro atoms. The van der Waals surface area contributed by atoms with Gasteiger partial charge in [0, 0.05) is 18.8 Å². The first kappa shape index (κ1) is 14.0. The molecule has 19 heavy (non-hydrogen) atoms. The van der Waals surface area contributed by atoms with Crippen molar-refractivity contribution in [1.82, 2.24) is 9.88 Å². The summed E-state index contributed by atoms with van der Waals surface area (Å²) in [7, 11) is 0. The Hall–Kier alpha value is -1.46. The number of aryl methyl sites for hydroxylation is 1. The van der Waals surface area contributed by atoms with Crippen molar-refractivity contribution in [3.8, 4) is 5.75 Å². The van der Waals surface area contributed by atoms with Crippen molar-refractivity contribution in [3.63, 3.8) is 0 Å². The van der Waals surface area contributed by atoms with Crippen molar-refractivity contribution in [2.75, 3.05) is 32.8 Å². The standard InChI is InChI=1S/C14H20N2O3/c1-3-16-6-7-18-12(8-16)10-19-14-5-4-11(2)15-13(14)9-17/h4-5,9,12H,3,6-8,10H2,1-2H3. The molecule has 0 amide bonds. The molecule has 0 N–H and O–H groups in total. The number of nitrogens with zero attached hydrogens (tertiary/aromatic N) is 2. The largest absolute Gasteiger partial charge is 0.488 e. The molecule has 1 aliphatic heterocycles. The van der Waals surface area contributed by atoms with Gasteiger partial charge in [-0.1, -0.05) is 6.92 Å². The zero-order chi connectivity index (χ0) is 13.7. The van der Waals surface area contributed by atoms with Crippen LogP contribution in [-0.4, -0.2) is 55.1 Å². The molecule has 1 aliphatic rings. The van der Waals surface area contributed by atoms with Crippen LogP contribution in [-0.2, 0) is 4.74 Å². The summed E-state index contributed by atoms with van der Waals surface area (Å²) in [6.45, 7) is 8.02. The molecular weight excluding hydrogens is 244 g/mol. The zero-order valence-corrected chi connectivity index (χ0v) is 11.5. The molecule has 0 saturated carbocycles. The van der Waals surface area contributed by atoms with Crippen LogP contribution in [0.25, 0.3) is 0 Å². The van der Waals surface area contributed by atoms with Gasteiger partial charge in [-0.3, -0.25) is 9.69 Å². The van der Waals surface area contributed by atoms with Gasteiger partial charge in [-0.05, 0) is 25.6 Å². The number of aldehydes is 1. The van der Waals surface area contributed by atoms with Crippen LogP contribution < -0.4 is 4.74 Å². The van der Waals surface area contributed by atoms with Gasteiger partial charge in [-0.15, -0.1) is 0 Å². The summed E-state index contributed by atoms with van der Waals surface area (Å²) >= 11 is 0. The fourth-order valence-electron chi connectivity index (χ4n) is 2.12. The van der Waals surface area contributed by atoms with Gasteiger partial charge in [0.1, 0.15) is 24.2 Å². The minimum absolute atomic E-state index is 0.0505. The number of hydrogen-bond donors (Lipinski definition) is 0. The van der Waals surface area contributed by atoms with Crippen molar-refractivity contribution in [2.45, 2.75) is 20.0 Å². The molecule has 1 fully saturated rings. The third-order valence-corrected chi connectivity index (χ3v) is 3.23. The number of morpholine rings is 1. The van der Waals surface area contributed by atoms with E-state index in [-0.39, 0.29) is 6.10 Å². The number of hydrogen-bond acceptors (Lipinski definition) is 5. The highest BCUT2D eigenvalue weighted by atomic mass is 16.5. The summed E-state index contributed by atoms with van der Waals surface area (Å²) in [6.07, 6.45) is 0.775. The van der Waals surface area contributed by atoms with Gasteiger partial charge in [0.15, 0.2) is 6.29 Å². The molecule has 1 saturated heterocycles. The van der Waals surface area contributed by atoms with Gasteiger partial charge in [0.25, 0.3) is 0 Å². The van der Waals surface area contributed by atoms with Gasteiger partial charge in [-0.2, -0.15) is 0 Å². The van der Waals surface area contributed by atoms with E-state index in [1.165, 1.54) is 0 Å². The predicted molar refractivity (Wildman–Crippen MR) is 71.7 cm³/mol. The Morgan fingerprint density at radius 3 is 3.16 bits per heavy atom. The van der Waals surface area contributed by atoms with E-state index >= 15 is 0 Å². The second-order valence-corrected chi connectivity index (χ2v) is 4.65. The molecule has 2 rings (SSSR count). The zero-order valence-electron chi connectivity index (χ0n) is 11.5. The topological polar surface area (TPSA) is 51.7 Å².